The quantitative estimate of drug-likeness (QED) is 0.542. The van der Waals surface area contributed by atoms with Gasteiger partial charge in [0.1, 0.15) is 0 Å². The Labute approximate surface area is 58.0 Å². The van der Waals surface area contributed by atoms with Crippen LogP contribution < -0.4 is 4.98 Å². The van der Waals surface area contributed by atoms with Crippen LogP contribution in [0.3, 0.4) is 0 Å². The molecular weight excluding hydrogens is 147 g/mol. The van der Waals surface area contributed by atoms with E-state index in [4.69, 9.17) is 5.41 Å². The summed E-state index contributed by atoms with van der Waals surface area (Å²) >= 11 is 0. The van der Waals surface area contributed by atoms with Crippen LogP contribution >= 0.6 is 0 Å². The summed E-state index contributed by atoms with van der Waals surface area (Å²) in [5.74, 6) is 0. The predicted molar refractivity (Wildman–Crippen MR) is 28.3 cm³/mol. The summed E-state index contributed by atoms with van der Waals surface area (Å²) in [6.07, 6.45) is 2.60. The fraction of sp³-hybridized carbons (Fsp3) is 0. The van der Waals surface area contributed by atoms with E-state index in [-0.39, 0.29) is 16.8 Å². The molecule has 0 saturated carbocycles. The van der Waals surface area contributed by atoms with Crippen molar-refractivity contribution < 1.29 is 16.8 Å². The van der Waals surface area contributed by atoms with Gasteiger partial charge in [0.25, 0.3) is 0 Å². The monoisotopic (exact) mass is 151 g/mol. The van der Waals surface area contributed by atoms with Crippen LogP contribution in [0.15, 0.2) is 18.3 Å². The van der Waals surface area contributed by atoms with Gasteiger partial charge in [0.15, 0.2) is 0 Å². The normalized spacial score (nSPS) is 7.50. The topological polar surface area (TPSA) is 36.4 Å². The molecule has 43 valence electrons. The van der Waals surface area contributed by atoms with E-state index in [1.54, 1.807) is 18.3 Å². The molecule has 0 spiro atoms. The summed E-state index contributed by atoms with van der Waals surface area (Å²) in [5, 5.41) is 8.24. The van der Waals surface area contributed by atoms with Crippen molar-refractivity contribution in [3.8, 4) is 0 Å². The molecule has 0 aliphatic rings. The molecule has 0 saturated heterocycles. The number of nitrogens with zero attached hydrogens (tertiary/aromatic N) is 2. The molecule has 0 N–H and O–H groups in total. The van der Waals surface area contributed by atoms with E-state index in [2.05, 4.69) is 4.98 Å². The summed E-state index contributed by atoms with van der Waals surface area (Å²) in [6, 6.07) is 3.49. The maximum atomic E-state index is 8.24. The van der Waals surface area contributed by atoms with Crippen LogP contribution in [-0.4, -0.2) is 6.21 Å². The Morgan fingerprint density at radius 2 is 2.38 bits per heavy atom. The SMILES string of the molecule is [Co+2].[N-]=Cc1ccc[n-]1. The Balaban J connectivity index is 0.000000490. The predicted octanol–water partition coefficient (Wildman–Crippen LogP) is 0.630. The van der Waals surface area contributed by atoms with Crippen molar-refractivity contribution >= 4 is 6.21 Å². The van der Waals surface area contributed by atoms with E-state index in [9.17, 15) is 0 Å². The minimum absolute atomic E-state index is 0. The van der Waals surface area contributed by atoms with Gasteiger partial charge in [-0.3, -0.25) is 0 Å². The van der Waals surface area contributed by atoms with Crippen molar-refractivity contribution in [1.29, 1.82) is 0 Å². The largest absolute Gasteiger partial charge is 2.00 e. The van der Waals surface area contributed by atoms with Crippen molar-refractivity contribution in [3.63, 3.8) is 0 Å². The van der Waals surface area contributed by atoms with Gasteiger partial charge >= 0.3 is 16.8 Å². The summed E-state index contributed by atoms with van der Waals surface area (Å²) in [7, 11) is 0. The first-order valence-electron chi connectivity index (χ1n) is 1.98. The molecule has 0 fully saturated rings. The van der Waals surface area contributed by atoms with E-state index < -0.39 is 0 Å². The average Bonchev–Trinajstić information content (AvgIpc) is 2.14. The zero-order valence-corrected chi connectivity index (χ0v) is 5.08. The molecule has 1 radical (unpaired) electrons. The van der Waals surface area contributed by atoms with Crippen molar-refractivity contribution in [2.75, 3.05) is 0 Å². The van der Waals surface area contributed by atoms with Gasteiger partial charge in [-0.15, -0.1) is 0 Å². The number of hydrogen-bond acceptors (Lipinski definition) is 0. The Morgan fingerprint density at radius 3 is 2.62 bits per heavy atom. The van der Waals surface area contributed by atoms with Gasteiger partial charge in [-0.1, -0.05) is 12.1 Å². The van der Waals surface area contributed by atoms with Crippen LogP contribution in [0.25, 0.3) is 5.41 Å². The van der Waals surface area contributed by atoms with Gasteiger partial charge in [0.05, 0.1) is 0 Å². The molecule has 0 aliphatic carbocycles. The first-order valence-corrected chi connectivity index (χ1v) is 1.98. The second-order valence-electron chi connectivity index (χ2n) is 1.19. The molecule has 0 aliphatic heterocycles. The van der Waals surface area contributed by atoms with E-state index in [1.807, 2.05) is 0 Å². The number of aromatic nitrogens is 1. The third-order valence-corrected chi connectivity index (χ3v) is 0.709. The molecule has 0 bridgehead atoms. The Morgan fingerprint density at radius 1 is 1.62 bits per heavy atom. The summed E-state index contributed by atoms with van der Waals surface area (Å²) < 4.78 is 0. The minimum atomic E-state index is 0. The average molecular weight is 151 g/mol. The van der Waals surface area contributed by atoms with Gasteiger partial charge in [0.2, 0.25) is 0 Å². The van der Waals surface area contributed by atoms with Gasteiger partial charge in [-0.25, -0.2) is 6.21 Å². The summed E-state index contributed by atoms with van der Waals surface area (Å²) in [5.41, 5.74) is 0.611. The van der Waals surface area contributed by atoms with Gasteiger partial charge in [-0.2, -0.15) is 11.9 Å². The van der Waals surface area contributed by atoms with Gasteiger partial charge in [-0.05, 0) is 0 Å². The molecule has 0 unspecified atom stereocenters. The zero-order valence-electron chi connectivity index (χ0n) is 4.04. The standard InChI is InChI=1S/C5H4N2.Co/c6-4-5-2-1-3-7-5;/h1-4H;/q-2;+2. The van der Waals surface area contributed by atoms with Crippen LogP contribution in [-0.2, 0) is 16.8 Å². The molecule has 2 nitrogen and oxygen atoms in total. The number of hydrogen-bond donors (Lipinski definition) is 0. The molecule has 0 aromatic carbocycles. The maximum Gasteiger partial charge on any atom is 2.00 e. The smallest absolute Gasteiger partial charge is 0.812 e. The molecule has 1 rings (SSSR count). The molecule has 0 atom stereocenters. The number of rotatable bonds is 1. The van der Waals surface area contributed by atoms with Crippen LogP contribution in [0, 0.1) is 0 Å². The minimum Gasteiger partial charge on any atom is -0.812 e. The van der Waals surface area contributed by atoms with Crippen molar-refractivity contribution in [3.05, 3.63) is 29.4 Å². The molecule has 8 heavy (non-hydrogen) atoms. The second kappa shape index (κ2) is 3.46. The second-order valence-corrected chi connectivity index (χ2v) is 1.19. The molecule has 1 aromatic heterocycles. The fourth-order valence-electron chi connectivity index (χ4n) is 0.390. The molecule has 1 aromatic rings. The van der Waals surface area contributed by atoms with Crippen LogP contribution in [0.5, 0.6) is 0 Å². The molecule has 1 heterocycles. The molecule has 3 heteroatoms. The first-order chi connectivity index (χ1) is 3.43. The molecule has 0 amide bonds. The van der Waals surface area contributed by atoms with E-state index in [1.165, 1.54) is 0 Å². The van der Waals surface area contributed by atoms with Gasteiger partial charge in [0, 0.05) is 0 Å². The van der Waals surface area contributed by atoms with Crippen LogP contribution in [0.4, 0.5) is 0 Å². The van der Waals surface area contributed by atoms with E-state index in [0.717, 1.165) is 6.21 Å². The Kier molecular flexibility index (Phi) is 3.22. The fourth-order valence-corrected chi connectivity index (χ4v) is 0.390. The van der Waals surface area contributed by atoms with Crippen LogP contribution in [0.1, 0.15) is 5.69 Å². The molecular formula is C5H4CoN2. The third kappa shape index (κ3) is 1.52. The van der Waals surface area contributed by atoms with Crippen molar-refractivity contribution in [2.24, 2.45) is 0 Å². The summed E-state index contributed by atoms with van der Waals surface area (Å²) in [4.78, 5) is 3.73. The van der Waals surface area contributed by atoms with Gasteiger partial charge < -0.3 is 10.4 Å². The van der Waals surface area contributed by atoms with E-state index >= 15 is 0 Å². The van der Waals surface area contributed by atoms with Crippen LogP contribution in [0.2, 0.25) is 0 Å². The summed E-state index contributed by atoms with van der Waals surface area (Å²) in [6.45, 7) is 0. The Bertz CT molecular complexity index is 145. The van der Waals surface area contributed by atoms with E-state index in [0.29, 0.717) is 5.69 Å². The first kappa shape index (κ1) is 7.46. The maximum absolute atomic E-state index is 8.24. The zero-order chi connectivity index (χ0) is 5.11. The van der Waals surface area contributed by atoms with Crippen molar-refractivity contribution in [2.45, 2.75) is 0 Å². The Hall–Kier alpha value is -0.544. The van der Waals surface area contributed by atoms with Crippen molar-refractivity contribution in [1.82, 2.24) is 4.98 Å². The third-order valence-electron chi connectivity index (χ3n) is 0.709.